The van der Waals surface area contributed by atoms with Crippen LogP contribution >= 0.6 is 0 Å². The fourth-order valence-corrected chi connectivity index (χ4v) is 1.98. The summed E-state index contributed by atoms with van der Waals surface area (Å²) in [5.41, 5.74) is 7.41. The summed E-state index contributed by atoms with van der Waals surface area (Å²) >= 11 is 0. The topological polar surface area (TPSA) is 64.9 Å². The first kappa shape index (κ1) is 11.7. The second-order valence-corrected chi connectivity index (χ2v) is 4.84. The highest BCUT2D eigenvalue weighted by Gasteiger charge is 2.11. The molecule has 0 aliphatic carbocycles. The van der Waals surface area contributed by atoms with Crippen molar-refractivity contribution in [2.75, 3.05) is 5.73 Å². The molecule has 0 aliphatic heterocycles. The Balaban J connectivity index is 2.15. The highest BCUT2D eigenvalue weighted by atomic mass is 16.3. The van der Waals surface area contributed by atoms with E-state index in [1.807, 2.05) is 44.2 Å². The molecule has 2 heterocycles. The van der Waals surface area contributed by atoms with Crippen LogP contribution in [-0.4, -0.2) is 9.97 Å². The number of rotatable bonds is 2. The van der Waals surface area contributed by atoms with Crippen molar-refractivity contribution < 1.29 is 4.42 Å². The van der Waals surface area contributed by atoms with Gasteiger partial charge in [-0.15, -0.1) is 0 Å². The lowest BCUT2D eigenvalue weighted by atomic mass is 10.2. The molecule has 3 rings (SSSR count). The number of para-hydroxylation sites is 1. The van der Waals surface area contributed by atoms with Gasteiger partial charge in [-0.25, -0.2) is 9.97 Å². The second kappa shape index (κ2) is 4.39. The Kier molecular flexibility index (Phi) is 2.71. The molecular formula is C15H15N3O. The van der Waals surface area contributed by atoms with Gasteiger partial charge in [0.2, 0.25) is 0 Å². The quantitative estimate of drug-likeness (QED) is 0.757. The molecule has 0 radical (unpaired) electrons. The number of benzene rings is 1. The third kappa shape index (κ3) is 2.17. The number of furan rings is 1. The van der Waals surface area contributed by atoms with Crippen LogP contribution in [0.15, 0.2) is 40.8 Å². The minimum Gasteiger partial charge on any atom is -0.454 e. The molecule has 4 nitrogen and oxygen atoms in total. The van der Waals surface area contributed by atoms with E-state index in [2.05, 4.69) is 9.97 Å². The van der Waals surface area contributed by atoms with Crippen molar-refractivity contribution in [1.82, 2.24) is 9.97 Å². The SMILES string of the molecule is CC(C)c1nc(N)cc(-c2cc3ccccc3o2)n1. The summed E-state index contributed by atoms with van der Waals surface area (Å²) in [5.74, 6) is 2.15. The Morgan fingerprint density at radius 3 is 2.63 bits per heavy atom. The van der Waals surface area contributed by atoms with Crippen molar-refractivity contribution in [2.24, 2.45) is 0 Å². The molecule has 0 fully saturated rings. The third-order valence-corrected chi connectivity index (χ3v) is 2.96. The average molecular weight is 253 g/mol. The van der Waals surface area contributed by atoms with Crippen molar-refractivity contribution in [3.05, 3.63) is 42.2 Å². The van der Waals surface area contributed by atoms with Gasteiger partial charge >= 0.3 is 0 Å². The first-order valence-electron chi connectivity index (χ1n) is 6.27. The van der Waals surface area contributed by atoms with Crippen LogP contribution in [0.2, 0.25) is 0 Å². The fraction of sp³-hybridized carbons (Fsp3) is 0.200. The molecule has 1 aromatic carbocycles. The molecule has 2 N–H and O–H groups in total. The van der Waals surface area contributed by atoms with Crippen molar-refractivity contribution in [2.45, 2.75) is 19.8 Å². The van der Waals surface area contributed by atoms with Crippen LogP contribution in [0.25, 0.3) is 22.4 Å². The molecule has 0 saturated heterocycles. The van der Waals surface area contributed by atoms with Gasteiger partial charge in [0.1, 0.15) is 22.9 Å². The highest BCUT2D eigenvalue weighted by Crippen LogP contribution is 2.28. The number of aromatic nitrogens is 2. The van der Waals surface area contributed by atoms with Crippen LogP contribution in [0.1, 0.15) is 25.6 Å². The molecule has 19 heavy (non-hydrogen) atoms. The maximum atomic E-state index is 5.84. The van der Waals surface area contributed by atoms with Gasteiger partial charge in [-0.2, -0.15) is 0 Å². The minimum absolute atomic E-state index is 0.228. The number of nitrogens with zero attached hydrogens (tertiary/aromatic N) is 2. The molecule has 0 aliphatic rings. The van der Waals surface area contributed by atoms with Gasteiger partial charge in [-0.05, 0) is 12.1 Å². The first-order chi connectivity index (χ1) is 9.13. The van der Waals surface area contributed by atoms with Crippen molar-refractivity contribution in [3.63, 3.8) is 0 Å². The van der Waals surface area contributed by atoms with Crippen LogP contribution in [0.4, 0.5) is 5.82 Å². The fourth-order valence-electron chi connectivity index (χ4n) is 1.98. The van der Waals surface area contributed by atoms with Crippen LogP contribution in [0.3, 0.4) is 0 Å². The molecule has 0 amide bonds. The van der Waals surface area contributed by atoms with Crippen LogP contribution < -0.4 is 5.73 Å². The lowest BCUT2D eigenvalue weighted by Gasteiger charge is -2.06. The van der Waals surface area contributed by atoms with E-state index in [1.165, 1.54) is 0 Å². The van der Waals surface area contributed by atoms with Crippen molar-refractivity contribution >= 4 is 16.8 Å². The van der Waals surface area contributed by atoms with Crippen LogP contribution in [0, 0.1) is 0 Å². The van der Waals surface area contributed by atoms with Gasteiger partial charge in [0.15, 0.2) is 5.76 Å². The number of anilines is 1. The second-order valence-electron chi connectivity index (χ2n) is 4.84. The van der Waals surface area contributed by atoms with Gasteiger partial charge in [-0.3, -0.25) is 0 Å². The van der Waals surface area contributed by atoms with Crippen molar-refractivity contribution in [3.8, 4) is 11.5 Å². The van der Waals surface area contributed by atoms with Crippen molar-refractivity contribution in [1.29, 1.82) is 0 Å². The Labute approximate surface area is 111 Å². The van der Waals surface area contributed by atoms with E-state index in [4.69, 9.17) is 10.2 Å². The van der Waals surface area contributed by atoms with Gasteiger partial charge in [0, 0.05) is 17.4 Å². The summed E-state index contributed by atoms with van der Waals surface area (Å²) in [6.07, 6.45) is 0. The molecule has 3 aromatic rings. The van der Waals surface area contributed by atoms with E-state index in [1.54, 1.807) is 6.07 Å². The van der Waals surface area contributed by atoms with E-state index in [-0.39, 0.29) is 5.92 Å². The van der Waals surface area contributed by atoms with Crippen LogP contribution in [-0.2, 0) is 0 Å². The summed E-state index contributed by atoms with van der Waals surface area (Å²) < 4.78 is 5.80. The Morgan fingerprint density at radius 2 is 1.89 bits per heavy atom. The first-order valence-corrected chi connectivity index (χ1v) is 6.27. The predicted molar refractivity (Wildman–Crippen MR) is 75.7 cm³/mol. The zero-order valence-corrected chi connectivity index (χ0v) is 10.9. The molecule has 4 heteroatoms. The van der Waals surface area contributed by atoms with Crippen LogP contribution in [0.5, 0.6) is 0 Å². The monoisotopic (exact) mass is 253 g/mol. The number of hydrogen-bond acceptors (Lipinski definition) is 4. The summed E-state index contributed by atoms with van der Waals surface area (Å²) in [6, 6.07) is 11.6. The number of hydrogen-bond donors (Lipinski definition) is 1. The zero-order valence-electron chi connectivity index (χ0n) is 10.9. The Morgan fingerprint density at radius 1 is 1.11 bits per heavy atom. The molecule has 0 spiro atoms. The van der Waals surface area contributed by atoms with Gasteiger partial charge in [0.05, 0.1) is 0 Å². The minimum atomic E-state index is 0.228. The number of nitrogen functional groups attached to an aromatic ring is 1. The molecule has 0 saturated carbocycles. The number of fused-ring (bicyclic) bond motifs is 1. The molecular weight excluding hydrogens is 238 g/mol. The summed E-state index contributed by atoms with van der Waals surface area (Å²) in [7, 11) is 0. The van der Waals surface area contributed by atoms with E-state index < -0.39 is 0 Å². The molecule has 0 bridgehead atoms. The predicted octanol–water partition coefficient (Wildman–Crippen LogP) is 3.60. The van der Waals surface area contributed by atoms with E-state index in [0.29, 0.717) is 5.82 Å². The Bertz CT molecular complexity index is 698. The van der Waals surface area contributed by atoms with E-state index in [9.17, 15) is 0 Å². The van der Waals surface area contributed by atoms with E-state index in [0.717, 1.165) is 28.2 Å². The van der Waals surface area contributed by atoms with E-state index >= 15 is 0 Å². The van der Waals surface area contributed by atoms with Gasteiger partial charge < -0.3 is 10.2 Å². The highest BCUT2D eigenvalue weighted by molar-refractivity contribution is 5.82. The lowest BCUT2D eigenvalue weighted by molar-refractivity contribution is 0.626. The summed E-state index contributed by atoms with van der Waals surface area (Å²) in [4.78, 5) is 8.75. The molecule has 96 valence electrons. The molecule has 0 atom stereocenters. The average Bonchev–Trinajstić information content (AvgIpc) is 2.81. The van der Waals surface area contributed by atoms with Gasteiger partial charge in [0.25, 0.3) is 0 Å². The lowest BCUT2D eigenvalue weighted by Crippen LogP contribution is -2.02. The third-order valence-electron chi connectivity index (χ3n) is 2.96. The maximum Gasteiger partial charge on any atom is 0.154 e. The maximum absolute atomic E-state index is 5.84. The summed E-state index contributed by atoms with van der Waals surface area (Å²) in [5, 5.41) is 1.06. The Hall–Kier alpha value is -2.36. The standard InChI is InChI=1S/C15H15N3O/c1-9(2)15-17-11(8-14(16)18-15)13-7-10-5-3-4-6-12(10)19-13/h3-9H,1-2H3,(H2,16,17,18). The molecule has 2 aromatic heterocycles. The normalized spacial score (nSPS) is 11.3. The largest absolute Gasteiger partial charge is 0.454 e. The summed E-state index contributed by atoms with van der Waals surface area (Å²) in [6.45, 7) is 4.08. The van der Waals surface area contributed by atoms with Gasteiger partial charge in [-0.1, -0.05) is 32.0 Å². The zero-order chi connectivity index (χ0) is 13.4. The number of nitrogens with two attached hydrogens (primary N) is 1. The molecule has 0 unspecified atom stereocenters. The smallest absolute Gasteiger partial charge is 0.154 e.